The summed E-state index contributed by atoms with van der Waals surface area (Å²) in [6.45, 7) is 0.433. The van der Waals surface area contributed by atoms with Crippen molar-refractivity contribution in [2.24, 2.45) is 0 Å². The number of nitrogens with zero attached hydrogens (tertiary/aromatic N) is 1. The van der Waals surface area contributed by atoms with Crippen molar-refractivity contribution in [2.75, 3.05) is 0 Å². The molecule has 1 saturated carbocycles. The van der Waals surface area contributed by atoms with Crippen molar-refractivity contribution in [1.29, 1.82) is 0 Å². The van der Waals surface area contributed by atoms with Crippen LogP contribution in [-0.2, 0) is 6.54 Å². The summed E-state index contributed by atoms with van der Waals surface area (Å²) in [6.07, 6.45) is 5.89. The third-order valence-corrected chi connectivity index (χ3v) is 4.61. The Morgan fingerprint density at radius 3 is 2.77 bits per heavy atom. The second kappa shape index (κ2) is 6.57. The maximum absolute atomic E-state index is 12.9. The van der Waals surface area contributed by atoms with Crippen LogP contribution in [0.2, 0.25) is 0 Å². The number of rotatable bonds is 4. The van der Waals surface area contributed by atoms with Crippen molar-refractivity contribution in [3.63, 3.8) is 0 Å². The van der Waals surface area contributed by atoms with E-state index >= 15 is 0 Å². The summed E-state index contributed by atoms with van der Waals surface area (Å²) in [5.41, 5.74) is 0.327. The number of halogens is 1. The van der Waals surface area contributed by atoms with E-state index in [1.807, 2.05) is 17.0 Å². The van der Waals surface area contributed by atoms with Gasteiger partial charge in [-0.25, -0.2) is 0 Å². The molecule has 3 rings (SSSR count). The largest absolute Gasteiger partial charge is 0.507 e. The number of aromatic hydroxyl groups is 1. The smallest absolute Gasteiger partial charge is 0.258 e. The molecule has 0 radical (unpaired) electrons. The van der Waals surface area contributed by atoms with Crippen LogP contribution in [-0.4, -0.2) is 22.0 Å². The van der Waals surface area contributed by atoms with E-state index in [2.05, 4.69) is 15.9 Å². The van der Waals surface area contributed by atoms with Crippen molar-refractivity contribution in [2.45, 2.75) is 38.3 Å². The lowest BCUT2D eigenvalue weighted by Crippen LogP contribution is -2.38. The molecule has 4 nitrogen and oxygen atoms in total. The Hall–Kier alpha value is -1.75. The Kier molecular flexibility index (Phi) is 4.52. The molecule has 0 saturated heterocycles. The average Bonchev–Trinajstić information content (AvgIpc) is 3.19. The van der Waals surface area contributed by atoms with E-state index in [-0.39, 0.29) is 17.7 Å². The van der Waals surface area contributed by atoms with Crippen molar-refractivity contribution in [1.82, 2.24) is 4.90 Å². The predicted octanol–water partition coefficient (Wildman–Crippen LogP) is 4.33. The number of furan rings is 1. The summed E-state index contributed by atoms with van der Waals surface area (Å²) in [5, 5.41) is 10.0. The van der Waals surface area contributed by atoms with Crippen molar-refractivity contribution >= 4 is 21.8 Å². The first-order valence-corrected chi connectivity index (χ1v) is 8.26. The second-order valence-electron chi connectivity index (χ2n) is 5.61. The Balaban J connectivity index is 1.90. The molecule has 1 fully saturated rings. The van der Waals surface area contributed by atoms with Gasteiger partial charge in [0, 0.05) is 10.5 Å². The highest BCUT2D eigenvalue weighted by molar-refractivity contribution is 9.10. The molecule has 1 amide bonds. The normalized spacial score (nSPS) is 15.1. The van der Waals surface area contributed by atoms with E-state index in [4.69, 9.17) is 4.42 Å². The van der Waals surface area contributed by atoms with E-state index in [1.165, 1.54) is 6.07 Å². The number of carbonyl (C=O) groups is 1. The van der Waals surface area contributed by atoms with E-state index in [9.17, 15) is 9.90 Å². The Morgan fingerprint density at radius 1 is 1.32 bits per heavy atom. The maximum Gasteiger partial charge on any atom is 0.258 e. The molecule has 0 unspecified atom stereocenters. The summed E-state index contributed by atoms with van der Waals surface area (Å²) < 4.78 is 6.17. The second-order valence-corrected chi connectivity index (χ2v) is 6.53. The van der Waals surface area contributed by atoms with E-state index < -0.39 is 0 Å². The molecule has 1 aromatic heterocycles. The van der Waals surface area contributed by atoms with Crippen LogP contribution in [0.1, 0.15) is 41.8 Å². The Bertz CT molecular complexity index is 648. The van der Waals surface area contributed by atoms with Gasteiger partial charge in [-0.2, -0.15) is 0 Å². The number of phenols is 1. The molecule has 1 aliphatic rings. The van der Waals surface area contributed by atoms with Crippen molar-refractivity contribution in [3.8, 4) is 5.75 Å². The summed E-state index contributed by atoms with van der Waals surface area (Å²) >= 11 is 3.36. The molecule has 1 aliphatic carbocycles. The quantitative estimate of drug-likeness (QED) is 0.879. The molecule has 5 heteroatoms. The van der Waals surface area contributed by atoms with Gasteiger partial charge in [-0.1, -0.05) is 28.8 Å². The molecule has 1 aromatic carbocycles. The number of hydrogen-bond donors (Lipinski definition) is 1. The molecule has 2 aromatic rings. The van der Waals surface area contributed by atoms with Gasteiger partial charge in [0.15, 0.2) is 0 Å². The SMILES string of the molecule is O=C(c1cc(Br)ccc1O)N(Cc1ccco1)C1CCCC1. The van der Waals surface area contributed by atoms with Gasteiger partial charge in [0.25, 0.3) is 5.91 Å². The molecule has 1 heterocycles. The fraction of sp³-hybridized carbons (Fsp3) is 0.353. The van der Waals surface area contributed by atoms with Gasteiger partial charge in [-0.15, -0.1) is 0 Å². The number of carbonyl (C=O) groups excluding carboxylic acids is 1. The highest BCUT2D eigenvalue weighted by Crippen LogP contribution is 2.30. The molecule has 116 valence electrons. The minimum atomic E-state index is -0.151. The van der Waals surface area contributed by atoms with Crippen LogP contribution in [0.15, 0.2) is 45.5 Å². The maximum atomic E-state index is 12.9. The third kappa shape index (κ3) is 3.19. The number of hydrogen-bond acceptors (Lipinski definition) is 3. The van der Waals surface area contributed by atoms with Gasteiger partial charge in [-0.05, 0) is 43.2 Å². The summed E-state index contributed by atoms with van der Waals surface area (Å²) in [5.74, 6) is 0.618. The molecular weight excluding hydrogens is 346 g/mol. The Morgan fingerprint density at radius 2 is 2.09 bits per heavy atom. The van der Waals surface area contributed by atoms with Gasteiger partial charge in [-0.3, -0.25) is 4.79 Å². The van der Waals surface area contributed by atoms with Crippen molar-refractivity contribution < 1.29 is 14.3 Å². The number of phenolic OH excluding ortho intramolecular Hbond substituents is 1. The van der Waals surface area contributed by atoms with Crippen LogP contribution in [0.5, 0.6) is 5.75 Å². The van der Waals surface area contributed by atoms with Crippen LogP contribution in [0.3, 0.4) is 0 Å². The summed E-state index contributed by atoms with van der Waals surface area (Å²) in [7, 11) is 0. The fourth-order valence-corrected chi connectivity index (χ4v) is 3.35. The average molecular weight is 364 g/mol. The molecular formula is C17H18BrNO3. The highest BCUT2D eigenvalue weighted by atomic mass is 79.9. The summed E-state index contributed by atoms with van der Waals surface area (Å²) in [4.78, 5) is 14.8. The molecule has 0 bridgehead atoms. The molecule has 1 N–H and O–H groups in total. The van der Waals surface area contributed by atoms with E-state index in [1.54, 1.807) is 18.4 Å². The lowest BCUT2D eigenvalue weighted by atomic mass is 10.1. The van der Waals surface area contributed by atoms with Gasteiger partial charge in [0.1, 0.15) is 11.5 Å². The lowest BCUT2D eigenvalue weighted by molar-refractivity contribution is 0.0646. The van der Waals surface area contributed by atoms with E-state index in [0.717, 1.165) is 35.9 Å². The van der Waals surface area contributed by atoms with Gasteiger partial charge in [0.05, 0.1) is 18.4 Å². The van der Waals surface area contributed by atoms with Crippen LogP contribution in [0.25, 0.3) is 0 Å². The van der Waals surface area contributed by atoms with Gasteiger partial charge in [0.2, 0.25) is 0 Å². The zero-order valence-electron chi connectivity index (χ0n) is 12.2. The third-order valence-electron chi connectivity index (χ3n) is 4.12. The van der Waals surface area contributed by atoms with Gasteiger partial charge < -0.3 is 14.4 Å². The lowest BCUT2D eigenvalue weighted by Gasteiger charge is -2.28. The molecule has 0 atom stereocenters. The minimum absolute atomic E-state index is 0.00985. The standard InChI is InChI=1S/C17H18BrNO3/c18-12-7-8-16(20)15(10-12)17(21)19(13-4-1-2-5-13)11-14-6-3-9-22-14/h3,6-10,13,20H,1-2,4-5,11H2. The predicted molar refractivity (Wildman–Crippen MR) is 86.6 cm³/mol. The Labute approximate surface area is 137 Å². The summed E-state index contributed by atoms with van der Waals surface area (Å²) in [6, 6.07) is 8.83. The monoisotopic (exact) mass is 363 g/mol. The molecule has 0 aliphatic heterocycles. The fourth-order valence-electron chi connectivity index (χ4n) is 2.99. The van der Waals surface area contributed by atoms with Crippen LogP contribution >= 0.6 is 15.9 Å². The van der Waals surface area contributed by atoms with E-state index in [0.29, 0.717) is 12.1 Å². The first-order chi connectivity index (χ1) is 10.6. The van der Waals surface area contributed by atoms with Crippen LogP contribution in [0, 0.1) is 0 Å². The first kappa shape index (κ1) is 15.2. The topological polar surface area (TPSA) is 53.7 Å². The zero-order valence-corrected chi connectivity index (χ0v) is 13.8. The highest BCUT2D eigenvalue weighted by Gasteiger charge is 2.29. The minimum Gasteiger partial charge on any atom is -0.507 e. The molecule has 0 spiro atoms. The number of benzene rings is 1. The van der Waals surface area contributed by atoms with Crippen LogP contribution < -0.4 is 0 Å². The number of amides is 1. The molecule has 22 heavy (non-hydrogen) atoms. The van der Waals surface area contributed by atoms with Crippen LogP contribution in [0.4, 0.5) is 0 Å². The van der Waals surface area contributed by atoms with Crippen molar-refractivity contribution in [3.05, 3.63) is 52.4 Å². The first-order valence-electron chi connectivity index (χ1n) is 7.47. The van der Waals surface area contributed by atoms with Gasteiger partial charge >= 0.3 is 0 Å². The zero-order chi connectivity index (χ0) is 15.5.